The fourth-order valence-electron chi connectivity index (χ4n) is 2.27. The quantitative estimate of drug-likeness (QED) is 0.285. The van der Waals surface area contributed by atoms with Crippen LogP contribution >= 0.6 is 69.8 Å². The van der Waals surface area contributed by atoms with Gasteiger partial charge in [-0.15, -0.1) is 10.2 Å². The molecule has 2 aromatic carbocycles. The van der Waals surface area contributed by atoms with Gasteiger partial charge in [-0.1, -0.05) is 69.8 Å². The van der Waals surface area contributed by atoms with Crippen molar-refractivity contribution >= 4 is 81.4 Å². The Bertz CT molecular complexity index is 1090. The number of ether oxygens (including phenoxy) is 1. The van der Waals surface area contributed by atoms with Gasteiger partial charge in [-0.25, -0.2) is 0 Å². The minimum atomic E-state index is -0.283. The van der Waals surface area contributed by atoms with Crippen LogP contribution in [-0.2, 0) is 18.4 Å². The summed E-state index contributed by atoms with van der Waals surface area (Å²) in [6, 6.07) is 7.91. The second-order valence-corrected chi connectivity index (χ2v) is 8.91. The zero-order valence-electron chi connectivity index (χ0n) is 15.3. The first-order chi connectivity index (χ1) is 14.2. The Morgan fingerprint density at radius 2 is 1.77 bits per heavy atom. The van der Waals surface area contributed by atoms with E-state index in [9.17, 15) is 4.79 Å². The van der Waals surface area contributed by atoms with Crippen molar-refractivity contribution in [1.29, 1.82) is 0 Å². The number of halogens is 5. The third-order valence-electron chi connectivity index (χ3n) is 3.79. The van der Waals surface area contributed by atoms with Crippen LogP contribution < -0.4 is 10.1 Å². The molecule has 0 atom stereocenters. The summed E-state index contributed by atoms with van der Waals surface area (Å²) in [6.45, 7) is 0.149. The van der Waals surface area contributed by atoms with Crippen LogP contribution in [0.3, 0.4) is 0 Å². The molecule has 158 valence electrons. The number of carbonyl (C=O) groups excluding carboxylic acids is 1. The molecular formula is C18H13Cl5N4O2S. The molecule has 0 fully saturated rings. The highest BCUT2D eigenvalue weighted by Gasteiger charge is 2.14. The molecular weight excluding hydrogens is 514 g/mol. The second kappa shape index (κ2) is 10.3. The Balaban J connectivity index is 1.57. The minimum Gasteiger partial charge on any atom is -0.484 e. The van der Waals surface area contributed by atoms with Gasteiger partial charge in [0.25, 0.3) is 0 Å². The molecule has 30 heavy (non-hydrogen) atoms. The van der Waals surface area contributed by atoms with Crippen LogP contribution in [0.1, 0.15) is 5.82 Å². The first-order valence-corrected chi connectivity index (χ1v) is 11.2. The van der Waals surface area contributed by atoms with E-state index in [1.807, 2.05) is 0 Å². The zero-order valence-corrected chi connectivity index (χ0v) is 19.9. The maximum absolute atomic E-state index is 12.3. The van der Waals surface area contributed by atoms with Crippen LogP contribution in [0.15, 0.2) is 35.5 Å². The average molecular weight is 527 g/mol. The van der Waals surface area contributed by atoms with E-state index in [1.165, 1.54) is 23.9 Å². The number of rotatable bonds is 7. The maximum Gasteiger partial charge on any atom is 0.234 e. The van der Waals surface area contributed by atoms with Gasteiger partial charge in [0.1, 0.15) is 12.4 Å². The molecule has 0 spiro atoms. The van der Waals surface area contributed by atoms with Crippen molar-refractivity contribution in [3.8, 4) is 5.75 Å². The summed E-state index contributed by atoms with van der Waals surface area (Å²) in [4.78, 5) is 12.3. The van der Waals surface area contributed by atoms with Gasteiger partial charge in [0.05, 0.1) is 31.5 Å². The Labute approximate surface area is 201 Å². The first kappa shape index (κ1) is 23.3. The molecule has 6 nitrogen and oxygen atoms in total. The Morgan fingerprint density at radius 3 is 2.50 bits per heavy atom. The van der Waals surface area contributed by atoms with Crippen molar-refractivity contribution in [2.45, 2.75) is 11.8 Å². The van der Waals surface area contributed by atoms with Crippen LogP contribution in [0, 0.1) is 0 Å². The number of carbonyl (C=O) groups is 1. The molecule has 0 aliphatic rings. The van der Waals surface area contributed by atoms with E-state index in [-0.39, 0.29) is 18.3 Å². The zero-order chi connectivity index (χ0) is 21.8. The number of hydrogen-bond acceptors (Lipinski definition) is 5. The van der Waals surface area contributed by atoms with Crippen LogP contribution in [0.5, 0.6) is 5.75 Å². The smallest absolute Gasteiger partial charge is 0.234 e. The molecule has 0 saturated heterocycles. The molecule has 0 bridgehead atoms. The molecule has 0 unspecified atom stereocenters. The number of hydrogen-bond donors (Lipinski definition) is 1. The molecule has 1 heterocycles. The van der Waals surface area contributed by atoms with Gasteiger partial charge in [0.2, 0.25) is 5.91 Å². The minimum absolute atomic E-state index is 0.0897. The summed E-state index contributed by atoms with van der Waals surface area (Å²) in [5, 5.41) is 13.2. The predicted molar refractivity (Wildman–Crippen MR) is 123 cm³/mol. The molecule has 0 aliphatic carbocycles. The van der Waals surface area contributed by atoms with Crippen molar-refractivity contribution < 1.29 is 9.53 Å². The van der Waals surface area contributed by atoms with Crippen molar-refractivity contribution in [1.82, 2.24) is 14.8 Å². The summed E-state index contributed by atoms with van der Waals surface area (Å²) in [7, 11) is 1.78. The molecule has 3 rings (SSSR count). The summed E-state index contributed by atoms with van der Waals surface area (Å²) < 4.78 is 7.40. The SMILES string of the molecule is Cn1c(COc2ccc(Cl)cc2Cl)nnc1SCC(=O)Nc1cc(Cl)c(Cl)cc1Cl. The molecule has 0 aliphatic heterocycles. The lowest BCUT2D eigenvalue weighted by molar-refractivity contribution is -0.113. The Kier molecular flexibility index (Phi) is 8.01. The van der Waals surface area contributed by atoms with Crippen molar-refractivity contribution in [2.75, 3.05) is 11.1 Å². The van der Waals surface area contributed by atoms with Gasteiger partial charge in [0, 0.05) is 12.1 Å². The van der Waals surface area contributed by atoms with E-state index in [0.717, 1.165) is 0 Å². The number of nitrogens with one attached hydrogen (secondary N) is 1. The number of benzene rings is 2. The monoisotopic (exact) mass is 524 g/mol. The largest absolute Gasteiger partial charge is 0.484 e. The van der Waals surface area contributed by atoms with Crippen molar-refractivity contribution in [2.24, 2.45) is 7.05 Å². The van der Waals surface area contributed by atoms with Gasteiger partial charge in [0.15, 0.2) is 11.0 Å². The number of thioether (sulfide) groups is 1. The fraction of sp³-hybridized carbons (Fsp3) is 0.167. The van der Waals surface area contributed by atoms with E-state index in [0.29, 0.717) is 47.5 Å². The second-order valence-electron chi connectivity index (χ2n) is 5.90. The lowest BCUT2D eigenvalue weighted by Crippen LogP contribution is -2.15. The number of anilines is 1. The van der Waals surface area contributed by atoms with Crippen LogP contribution in [-0.4, -0.2) is 26.4 Å². The molecule has 1 amide bonds. The Morgan fingerprint density at radius 1 is 1.03 bits per heavy atom. The van der Waals surface area contributed by atoms with Crippen molar-refractivity contribution in [3.63, 3.8) is 0 Å². The number of aromatic nitrogens is 3. The third-order valence-corrected chi connectivity index (χ3v) is 6.38. The third kappa shape index (κ3) is 5.87. The maximum atomic E-state index is 12.3. The number of nitrogens with zero attached hydrogens (tertiary/aromatic N) is 3. The van der Waals surface area contributed by atoms with E-state index >= 15 is 0 Å². The van der Waals surface area contributed by atoms with Gasteiger partial charge >= 0.3 is 0 Å². The fourth-order valence-corrected chi connectivity index (χ4v) is 4.05. The summed E-state index contributed by atoms with van der Waals surface area (Å²) in [5.41, 5.74) is 0.378. The molecule has 0 saturated carbocycles. The lowest BCUT2D eigenvalue weighted by atomic mass is 10.3. The van der Waals surface area contributed by atoms with E-state index in [4.69, 9.17) is 62.7 Å². The van der Waals surface area contributed by atoms with Crippen LogP contribution in [0.2, 0.25) is 25.1 Å². The first-order valence-electron chi connectivity index (χ1n) is 8.28. The summed E-state index contributed by atoms with van der Waals surface area (Å²) in [6.07, 6.45) is 0. The van der Waals surface area contributed by atoms with Crippen molar-refractivity contribution in [3.05, 3.63) is 61.3 Å². The molecule has 3 aromatic rings. The molecule has 1 N–H and O–H groups in total. The summed E-state index contributed by atoms with van der Waals surface area (Å²) >= 11 is 31.1. The summed E-state index contributed by atoms with van der Waals surface area (Å²) in [5.74, 6) is 0.855. The van der Waals surface area contributed by atoms with Gasteiger partial charge < -0.3 is 14.6 Å². The number of amides is 1. The van der Waals surface area contributed by atoms with E-state index in [1.54, 1.807) is 29.8 Å². The Hall–Kier alpha value is -1.35. The highest BCUT2D eigenvalue weighted by atomic mass is 35.5. The van der Waals surface area contributed by atoms with Gasteiger partial charge in [-0.05, 0) is 30.3 Å². The van der Waals surface area contributed by atoms with Gasteiger partial charge in [-0.3, -0.25) is 4.79 Å². The molecule has 12 heteroatoms. The van der Waals surface area contributed by atoms with Gasteiger partial charge in [-0.2, -0.15) is 0 Å². The topological polar surface area (TPSA) is 69.0 Å². The molecule has 0 radical (unpaired) electrons. The normalized spacial score (nSPS) is 10.9. The average Bonchev–Trinajstić information content (AvgIpc) is 3.03. The predicted octanol–water partition coefficient (Wildman–Crippen LogP) is 6.39. The lowest BCUT2D eigenvalue weighted by Gasteiger charge is -2.09. The van der Waals surface area contributed by atoms with E-state index in [2.05, 4.69) is 15.5 Å². The highest BCUT2D eigenvalue weighted by Crippen LogP contribution is 2.32. The standard InChI is InChI=1S/C18H13Cl5N4O2S/c1-27-16(7-29-15-3-2-9(19)4-13(15)23)25-26-18(27)30-8-17(28)24-14-6-11(21)10(20)5-12(14)22/h2-6H,7-8H2,1H3,(H,24,28). The van der Waals surface area contributed by atoms with E-state index < -0.39 is 0 Å². The van der Waals surface area contributed by atoms with Crippen LogP contribution in [0.25, 0.3) is 0 Å². The molecule has 1 aromatic heterocycles. The highest BCUT2D eigenvalue weighted by molar-refractivity contribution is 7.99. The van der Waals surface area contributed by atoms with Crippen LogP contribution in [0.4, 0.5) is 5.69 Å².